The lowest BCUT2D eigenvalue weighted by atomic mass is 9.89. The standard InChI is InChI=1S/C30H25N5O3/c31-34-33-23-13-8-20(9-14-23)10-17-26(36)21-11-15-22(16-12-21)32-27-28(35-18-4-1-5-19-35)30(38)25-7-3-2-6-24(25)29(27)37/h2-3,6-17,32H,1,4-5,18-19H2. The van der Waals surface area contributed by atoms with Crippen molar-refractivity contribution < 1.29 is 14.4 Å². The van der Waals surface area contributed by atoms with Crippen LogP contribution in [0.5, 0.6) is 0 Å². The Labute approximate surface area is 219 Å². The number of azide groups is 1. The van der Waals surface area contributed by atoms with Crippen LogP contribution in [-0.2, 0) is 0 Å². The van der Waals surface area contributed by atoms with E-state index >= 15 is 0 Å². The van der Waals surface area contributed by atoms with Gasteiger partial charge in [-0.15, -0.1) is 0 Å². The fourth-order valence-corrected chi connectivity index (χ4v) is 4.73. The van der Waals surface area contributed by atoms with Gasteiger partial charge in [-0.25, -0.2) is 0 Å². The second kappa shape index (κ2) is 11.0. The molecule has 1 saturated heterocycles. The Hall–Kier alpha value is -4.94. The molecule has 2 aliphatic rings. The van der Waals surface area contributed by atoms with Gasteiger partial charge in [0.2, 0.25) is 11.6 Å². The highest BCUT2D eigenvalue weighted by Gasteiger charge is 2.35. The minimum Gasteiger partial charge on any atom is -0.367 e. The first kappa shape index (κ1) is 24.7. The van der Waals surface area contributed by atoms with Crippen molar-refractivity contribution in [1.82, 2.24) is 4.90 Å². The van der Waals surface area contributed by atoms with Crippen LogP contribution in [0.2, 0.25) is 0 Å². The molecule has 1 heterocycles. The molecule has 1 N–H and O–H groups in total. The molecular weight excluding hydrogens is 478 g/mol. The highest BCUT2D eigenvalue weighted by molar-refractivity contribution is 6.27. The molecule has 1 aliphatic heterocycles. The van der Waals surface area contributed by atoms with Crippen LogP contribution in [0.4, 0.5) is 11.4 Å². The fraction of sp³-hybridized carbons (Fsp3) is 0.167. The number of nitrogens with one attached hydrogen (secondary N) is 1. The summed E-state index contributed by atoms with van der Waals surface area (Å²) in [5.74, 6) is -0.536. The van der Waals surface area contributed by atoms with Crippen LogP contribution < -0.4 is 5.32 Å². The van der Waals surface area contributed by atoms with Crippen LogP contribution in [0.25, 0.3) is 16.5 Å². The predicted octanol–water partition coefficient (Wildman–Crippen LogP) is 6.71. The van der Waals surface area contributed by atoms with Crippen molar-refractivity contribution in [3.05, 3.63) is 123 Å². The number of nitrogens with zero attached hydrogens (tertiary/aromatic N) is 4. The van der Waals surface area contributed by atoms with Gasteiger partial charge < -0.3 is 10.2 Å². The molecule has 5 rings (SSSR count). The van der Waals surface area contributed by atoms with Gasteiger partial charge in [-0.2, -0.15) is 0 Å². The second-order valence-corrected chi connectivity index (χ2v) is 9.16. The Morgan fingerprint density at radius 3 is 2.18 bits per heavy atom. The smallest absolute Gasteiger partial charge is 0.212 e. The summed E-state index contributed by atoms with van der Waals surface area (Å²) in [6, 6.07) is 20.6. The Kier molecular flexibility index (Phi) is 7.15. The first-order valence-corrected chi connectivity index (χ1v) is 12.5. The van der Waals surface area contributed by atoms with Crippen LogP contribution in [-0.4, -0.2) is 35.3 Å². The largest absolute Gasteiger partial charge is 0.367 e. The van der Waals surface area contributed by atoms with Crippen molar-refractivity contribution in [1.29, 1.82) is 0 Å². The van der Waals surface area contributed by atoms with Gasteiger partial charge in [0.05, 0.1) is 0 Å². The normalized spacial score (nSPS) is 15.3. The number of fused-ring (bicyclic) bond motifs is 1. The van der Waals surface area contributed by atoms with Gasteiger partial charge in [-0.3, -0.25) is 14.4 Å². The van der Waals surface area contributed by atoms with Crippen LogP contribution in [0.15, 0.2) is 95.4 Å². The van der Waals surface area contributed by atoms with Crippen LogP contribution in [0.3, 0.4) is 0 Å². The molecule has 0 amide bonds. The zero-order valence-corrected chi connectivity index (χ0v) is 20.6. The predicted molar refractivity (Wildman–Crippen MR) is 146 cm³/mol. The van der Waals surface area contributed by atoms with E-state index in [4.69, 9.17) is 5.53 Å². The summed E-state index contributed by atoms with van der Waals surface area (Å²) in [7, 11) is 0. The van der Waals surface area contributed by atoms with E-state index < -0.39 is 0 Å². The minimum absolute atomic E-state index is 0.144. The number of likely N-dealkylation sites (tertiary alicyclic amines) is 1. The van der Waals surface area contributed by atoms with Gasteiger partial charge in [0.1, 0.15) is 11.4 Å². The number of hydrogen-bond acceptors (Lipinski definition) is 6. The number of anilines is 1. The fourth-order valence-electron chi connectivity index (χ4n) is 4.73. The van der Waals surface area contributed by atoms with Crippen molar-refractivity contribution in [3.63, 3.8) is 0 Å². The van der Waals surface area contributed by atoms with Gasteiger partial charge in [0, 0.05) is 46.1 Å². The maximum Gasteiger partial charge on any atom is 0.212 e. The van der Waals surface area contributed by atoms with Gasteiger partial charge in [0.25, 0.3) is 0 Å². The molecule has 1 aliphatic carbocycles. The van der Waals surface area contributed by atoms with E-state index in [0.717, 1.165) is 37.9 Å². The van der Waals surface area contributed by atoms with E-state index in [1.165, 1.54) is 6.08 Å². The molecule has 0 bridgehead atoms. The summed E-state index contributed by atoms with van der Waals surface area (Å²) < 4.78 is 0. The zero-order chi connectivity index (χ0) is 26.5. The Bertz CT molecular complexity index is 1510. The molecule has 0 spiro atoms. The van der Waals surface area contributed by atoms with E-state index in [9.17, 15) is 14.4 Å². The maximum atomic E-state index is 13.5. The number of benzene rings is 3. The molecular formula is C30H25N5O3. The number of allylic oxidation sites excluding steroid dienone is 3. The number of hydrogen-bond donors (Lipinski definition) is 1. The van der Waals surface area contributed by atoms with Gasteiger partial charge >= 0.3 is 0 Å². The SMILES string of the molecule is [N-]=[N+]=Nc1ccc(C=CC(=O)c2ccc(NC3=C(N4CCCCC4)C(=O)c4ccccc4C3=O)cc2)cc1. The number of carbonyl (C=O) groups is 3. The van der Waals surface area contributed by atoms with E-state index in [2.05, 4.69) is 15.3 Å². The number of rotatable bonds is 7. The summed E-state index contributed by atoms with van der Waals surface area (Å²) in [6.07, 6.45) is 6.22. The molecule has 0 atom stereocenters. The molecule has 0 unspecified atom stereocenters. The van der Waals surface area contributed by atoms with Crippen molar-refractivity contribution in [2.45, 2.75) is 19.3 Å². The molecule has 8 nitrogen and oxygen atoms in total. The summed E-state index contributed by atoms with van der Waals surface area (Å²) in [5.41, 5.74) is 12.4. The van der Waals surface area contributed by atoms with Gasteiger partial charge in [0.15, 0.2) is 5.78 Å². The lowest BCUT2D eigenvalue weighted by molar-refractivity contribution is 0.0935. The third-order valence-electron chi connectivity index (χ3n) is 6.69. The van der Waals surface area contributed by atoms with Crippen molar-refractivity contribution in [2.75, 3.05) is 18.4 Å². The zero-order valence-electron chi connectivity index (χ0n) is 20.6. The van der Waals surface area contributed by atoms with Crippen molar-refractivity contribution in [3.8, 4) is 0 Å². The number of ketones is 3. The molecule has 0 saturated carbocycles. The average Bonchev–Trinajstić information content (AvgIpc) is 2.96. The lowest BCUT2D eigenvalue weighted by Crippen LogP contribution is -2.39. The minimum atomic E-state index is -0.213. The number of piperidine rings is 1. The van der Waals surface area contributed by atoms with Gasteiger partial charge in [-0.1, -0.05) is 59.7 Å². The lowest BCUT2D eigenvalue weighted by Gasteiger charge is -2.34. The third kappa shape index (κ3) is 5.12. The molecule has 0 aromatic heterocycles. The monoisotopic (exact) mass is 503 g/mol. The van der Waals surface area contributed by atoms with E-state index in [1.807, 2.05) is 4.90 Å². The molecule has 3 aromatic carbocycles. The second-order valence-electron chi connectivity index (χ2n) is 9.16. The van der Waals surface area contributed by atoms with E-state index in [0.29, 0.717) is 33.8 Å². The number of carbonyl (C=O) groups excluding carboxylic acids is 3. The Morgan fingerprint density at radius 2 is 1.53 bits per heavy atom. The first-order valence-electron chi connectivity index (χ1n) is 12.5. The van der Waals surface area contributed by atoms with E-state index in [1.54, 1.807) is 78.9 Å². The molecule has 188 valence electrons. The van der Waals surface area contributed by atoms with Crippen molar-refractivity contribution >= 4 is 34.8 Å². The van der Waals surface area contributed by atoms with Crippen LogP contribution >= 0.6 is 0 Å². The molecule has 0 radical (unpaired) electrons. The van der Waals surface area contributed by atoms with Crippen LogP contribution in [0.1, 0.15) is 55.9 Å². The summed E-state index contributed by atoms with van der Waals surface area (Å²) in [5, 5.41) is 6.72. The quantitative estimate of drug-likeness (QED) is 0.126. The molecule has 8 heteroatoms. The van der Waals surface area contributed by atoms with Crippen molar-refractivity contribution in [2.24, 2.45) is 5.11 Å². The summed E-state index contributed by atoms with van der Waals surface area (Å²) >= 11 is 0. The molecule has 1 fully saturated rings. The van der Waals surface area contributed by atoms with Gasteiger partial charge in [-0.05, 0) is 60.7 Å². The molecule has 38 heavy (non-hydrogen) atoms. The highest BCUT2D eigenvalue weighted by Crippen LogP contribution is 2.31. The summed E-state index contributed by atoms with van der Waals surface area (Å²) in [4.78, 5) is 44.4. The number of Topliss-reactive ketones (excluding diaryl/α,β-unsaturated/α-hetero) is 2. The Morgan fingerprint density at radius 1 is 0.868 bits per heavy atom. The average molecular weight is 504 g/mol. The van der Waals surface area contributed by atoms with E-state index in [-0.39, 0.29) is 23.0 Å². The van der Waals surface area contributed by atoms with Crippen LogP contribution in [0, 0.1) is 0 Å². The molecule has 3 aromatic rings. The third-order valence-corrected chi connectivity index (χ3v) is 6.69. The Balaban J connectivity index is 1.37. The highest BCUT2D eigenvalue weighted by atomic mass is 16.1. The summed E-state index contributed by atoms with van der Waals surface area (Å²) in [6.45, 7) is 1.46. The topological polar surface area (TPSA) is 115 Å². The first-order chi connectivity index (χ1) is 18.5. The maximum absolute atomic E-state index is 13.5.